The van der Waals surface area contributed by atoms with Gasteiger partial charge in [0, 0.05) is 11.8 Å². The molecule has 0 radical (unpaired) electrons. The zero-order chi connectivity index (χ0) is 19.1. The Balaban J connectivity index is 1.53. The average Bonchev–Trinajstić information content (AvgIpc) is 2.68. The molecule has 0 unspecified atom stereocenters. The van der Waals surface area contributed by atoms with Gasteiger partial charge in [0.25, 0.3) is 0 Å². The molecule has 2 aromatic carbocycles. The van der Waals surface area contributed by atoms with E-state index in [1.807, 2.05) is 18.2 Å². The van der Waals surface area contributed by atoms with Gasteiger partial charge in [0.05, 0.1) is 0 Å². The number of amides is 1. The number of benzene rings is 2. The Morgan fingerprint density at radius 1 is 1.00 bits per heavy atom. The van der Waals surface area contributed by atoms with Gasteiger partial charge in [-0.05, 0) is 66.0 Å². The predicted octanol–water partition coefficient (Wildman–Crippen LogP) is 6.58. The Kier molecular flexibility index (Phi) is 6.86. The van der Waals surface area contributed by atoms with Crippen molar-refractivity contribution in [1.82, 2.24) is 0 Å². The molecule has 2 aromatic rings. The summed E-state index contributed by atoms with van der Waals surface area (Å²) in [5, 5.41) is 2.95. The monoisotopic (exact) mass is 361 g/mol. The smallest absolute Gasteiger partial charge is 0.248 e. The maximum atomic E-state index is 12.2. The molecule has 1 fully saturated rings. The van der Waals surface area contributed by atoms with Crippen molar-refractivity contribution in [3.63, 3.8) is 0 Å². The minimum absolute atomic E-state index is 0.0910. The summed E-state index contributed by atoms with van der Waals surface area (Å²) >= 11 is 0. The summed E-state index contributed by atoms with van der Waals surface area (Å²) in [6.07, 6.45) is 11.2. The van der Waals surface area contributed by atoms with E-state index in [0.29, 0.717) is 11.8 Å². The number of nitrogens with one attached hydrogen (secondary N) is 1. The lowest BCUT2D eigenvalue weighted by molar-refractivity contribution is -0.111. The summed E-state index contributed by atoms with van der Waals surface area (Å²) in [6, 6.07) is 16.8. The van der Waals surface area contributed by atoms with Gasteiger partial charge < -0.3 is 5.32 Å². The molecule has 1 saturated carbocycles. The Labute approximate surface area is 163 Å². The third kappa shape index (κ3) is 6.09. The molecular weight excluding hydrogens is 330 g/mol. The summed E-state index contributed by atoms with van der Waals surface area (Å²) in [5.74, 6) is 1.26. The van der Waals surface area contributed by atoms with Gasteiger partial charge in [0.15, 0.2) is 0 Å². The second-order valence-electron chi connectivity index (χ2n) is 8.12. The van der Waals surface area contributed by atoms with Crippen molar-refractivity contribution in [3.05, 3.63) is 71.3 Å². The van der Waals surface area contributed by atoms with E-state index < -0.39 is 0 Å². The van der Waals surface area contributed by atoms with Crippen molar-refractivity contribution >= 4 is 17.7 Å². The van der Waals surface area contributed by atoms with Crippen LogP contribution in [0.2, 0.25) is 0 Å². The van der Waals surface area contributed by atoms with E-state index in [4.69, 9.17) is 0 Å². The largest absolute Gasteiger partial charge is 0.323 e. The van der Waals surface area contributed by atoms with Gasteiger partial charge >= 0.3 is 0 Å². The summed E-state index contributed by atoms with van der Waals surface area (Å²) in [7, 11) is 0. The Morgan fingerprint density at radius 3 is 2.30 bits per heavy atom. The van der Waals surface area contributed by atoms with Gasteiger partial charge in [-0.3, -0.25) is 4.79 Å². The standard InChI is InChI=1S/C25H31NO/c1-19(2)18-21-10-8-20(9-11-21)12-17-25(27)26-24-15-13-23(14-16-24)22-6-4-3-5-7-22/h8-17,19,22H,3-7,18H2,1-2H3,(H,26,27)/b17-12-. The number of anilines is 1. The SMILES string of the molecule is CC(C)Cc1ccc(/C=C\C(=O)Nc2ccc(C3CCCCC3)cc2)cc1. The minimum atomic E-state index is -0.0910. The van der Waals surface area contributed by atoms with Crippen LogP contribution in [0.15, 0.2) is 54.6 Å². The van der Waals surface area contributed by atoms with Crippen LogP contribution in [0.4, 0.5) is 5.69 Å². The van der Waals surface area contributed by atoms with Gasteiger partial charge in [-0.1, -0.05) is 69.5 Å². The molecule has 0 saturated heterocycles. The Bertz CT molecular complexity index is 750. The first kappa shape index (κ1) is 19.4. The fourth-order valence-electron chi connectivity index (χ4n) is 3.87. The maximum absolute atomic E-state index is 12.2. The molecule has 0 aromatic heterocycles. The second-order valence-corrected chi connectivity index (χ2v) is 8.12. The summed E-state index contributed by atoms with van der Waals surface area (Å²) in [4.78, 5) is 12.2. The van der Waals surface area contributed by atoms with Gasteiger partial charge in [0.1, 0.15) is 0 Å². The summed E-state index contributed by atoms with van der Waals surface area (Å²) in [6.45, 7) is 4.44. The van der Waals surface area contributed by atoms with Gasteiger partial charge in [-0.2, -0.15) is 0 Å². The summed E-state index contributed by atoms with van der Waals surface area (Å²) < 4.78 is 0. The normalized spacial score (nSPS) is 15.4. The fourth-order valence-corrected chi connectivity index (χ4v) is 3.87. The lowest BCUT2D eigenvalue weighted by atomic mass is 9.84. The first-order valence-electron chi connectivity index (χ1n) is 10.3. The molecule has 0 bridgehead atoms. The molecule has 1 amide bonds. The van der Waals surface area contributed by atoms with Gasteiger partial charge in [-0.15, -0.1) is 0 Å². The number of hydrogen-bond acceptors (Lipinski definition) is 1. The zero-order valence-corrected chi connectivity index (χ0v) is 16.6. The van der Waals surface area contributed by atoms with E-state index in [2.05, 4.69) is 55.6 Å². The lowest BCUT2D eigenvalue weighted by Crippen LogP contribution is -2.08. The quantitative estimate of drug-likeness (QED) is 0.578. The first-order valence-corrected chi connectivity index (χ1v) is 10.3. The van der Waals surface area contributed by atoms with Crippen LogP contribution in [0.5, 0.6) is 0 Å². The van der Waals surface area contributed by atoms with Crippen molar-refractivity contribution in [1.29, 1.82) is 0 Å². The van der Waals surface area contributed by atoms with Crippen molar-refractivity contribution in [2.75, 3.05) is 5.32 Å². The molecule has 27 heavy (non-hydrogen) atoms. The van der Waals surface area contributed by atoms with E-state index in [1.165, 1.54) is 43.2 Å². The van der Waals surface area contributed by atoms with Crippen molar-refractivity contribution in [2.24, 2.45) is 5.92 Å². The zero-order valence-electron chi connectivity index (χ0n) is 16.6. The number of hydrogen-bond donors (Lipinski definition) is 1. The van der Waals surface area contributed by atoms with E-state index in [-0.39, 0.29) is 5.91 Å². The highest BCUT2D eigenvalue weighted by Gasteiger charge is 2.15. The van der Waals surface area contributed by atoms with Gasteiger partial charge in [0.2, 0.25) is 5.91 Å². The lowest BCUT2D eigenvalue weighted by Gasteiger charge is -2.22. The third-order valence-corrected chi connectivity index (χ3v) is 5.31. The van der Waals surface area contributed by atoms with E-state index in [0.717, 1.165) is 17.7 Å². The second kappa shape index (κ2) is 9.55. The molecule has 1 N–H and O–H groups in total. The van der Waals surface area contributed by atoms with Crippen LogP contribution in [0, 0.1) is 5.92 Å². The van der Waals surface area contributed by atoms with Crippen LogP contribution in [0.25, 0.3) is 6.08 Å². The van der Waals surface area contributed by atoms with Crippen LogP contribution >= 0.6 is 0 Å². The number of carbonyl (C=O) groups excluding carboxylic acids is 1. The Morgan fingerprint density at radius 2 is 1.67 bits per heavy atom. The first-order chi connectivity index (χ1) is 13.1. The minimum Gasteiger partial charge on any atom is -0.323 e. The van der Waals surface area contributed by atoms with Crippen LogP contribution < -0.4 is 5.32 Å². The number of rotatable bonds is 6. The molecule has 1 aliphatic rings. The average molecular weight is 362 g/mol. The molecule has 0 aliphatic heterocycles. The molecular formula is C25H31NO. The van der Waals surface area contributed by atoms with Crippen molar-refractivity contribution < 1.29 is 4.79 Å². The van der Waals surface area contributed by atoms with E-state index in [1.54, 1.807) is 6.08 Å². The van der Waals surface area contributed by atoms with E-state index >= 15 is 0 Å². The van der Waals surface area contributed by atoms with Crippen LogP contribution in [-0.2, 0) is 11.2 Å². The highest BCUT2D eigenvalue weighted by Crippen LogP contribution is 2.32. The fraction of sp³-hybridized carbons (Fsp3) is 0.400. The van der Waals surface area contributed by atoms with E-state index in [9.17, 15) is 4.79 Å². The number of carbonyl (C=O) groups is 1. The molecule has 0 atom stereocenters. The molecule has 0 heterocycles. The predicted molar refractivity (Wildman–Crippen MR) is 115 cm³/mol. The highest BCUT2D eigenvalue weighted by atomic mass is 16.1. The topological polar surface area (TPSA) is 29.1 Å². The molecule has 2 heteroatoms. The highest BCUT2D eigenvalue weighted by molar-refractivity contribution is 6.01. The van der Waals surface area contributed by atoms with Crippen molar-refractivity contribution in [2.45, 2.75) is 58.3 Å². The van der Waals surface area contributed by atoms with Crippen LogP contribution in [0.1, 0.15) is 68.6 Å². The molecule has 3 rings (SSSR count). The molecule has 0 spiro atoms. The van der Waals surface area contributed by atoms with Crippen molar-refractivity contribution in [3.8, 4) is 0 Å². The molecule has 2 nitrogen and oxygen atoms in total. The van der Waals surface area contributed by atoms with Crippen LogP contribution in [-0.4, -0.2) is 5.91 Å². The molecule has 1 aliphatic carbocycles. The summed E-state index contributed by atoms with van der Waals surface area (Å²) in [5.41, 5.74) is 4.65. The molecule has 142 valence electrons. The third-order valence-electron chi connectivity index (χ3n) is 5.31. The Hall–Kier alpha value is -2.35. The maximum Gasteiger partial charge on any atom is 0.248 e. The van der Waals surface area contributed by atoms with Gasteiger partial charge in [-0.25, -0.2) is 0 Å². The van der Waals surface area contributed by atoms with Crippen LogP contribution in [0.3, 0.4) is 0 Å².